The fourth-order valence-corrected chi connectivity index (χ4v) is 2.79. The largest absolute Gasteiger partial charge is 0.375 e. The molecule has 0 atom stereocenters. The third kappa shape index (κ3) is 1.81. The van der Waals surface area contributed by atoms with Crippen molar-refractivity contribution in [2.45, 2.75) is 44.3 Å². The summed E-state index contributed by atoms with van der Waals surface area (Å²) in [6.07, 6.45) is 5.50. The van der Waals surface area contributed by atoms with Crippen LogP contribution in [0.4, 0.5) is 0 Å². The van der Waals surface area contributed by atoms with E-state index in [9.17, 15) is 0 Å². The molecule has 0 aromatic rings. The predicted molar refractivity (Wildman–Crippen MR) is 57.9 cm³/mol. The van der Waals surface area contributed by atoms with Crippen molar-refractivity contribution in [1.29, 1.82) is 0 Å². The Morgan fingerprint density at radius 2 is 2.00 bits per heavy atom. The highest BCUT2D eigenvalue weighted by atomic mass is 16.5. The summed E-state index contributed by atoms with van der Waals surface area (Å²) in [5, 5.41) is 3.24. The van der Waals surface area contributed by atoms with Crippen molar-refractivity contribution in [1.82, 2.24) is 5.32 Å². The Morgan fingerprint density at radius 3 is 2.47 bits per heavy atom. The third-order valence-electron chi connectivity index (χ3n) is 4.46. The summed E-state index contributed by atoms with van der Waals surface area (Å²) in [5.74, 6) is 0. The van der Waals surface area contributed by atoms with Crippen molar-refractivity contribution in [2.75, 3.05) is 26.3 Å². The van der Waals surface area contributed by atoms with Gasteiger partial charge in [0.05, 0.1) is 24.9 Å². The van der Waals surface area contributed by atoms with Crippen molar-refractivity contribution in [3.05, 3.63) is 0 Å². The van der Waals surface area contributed by atoms with Gasteiger partial charge in [0.15, 0.2) is 0 Å². The minimum absolute atomic E-state index is 0.194. The van der Waals surface area contributed by atoms with Crippen LogP contribution in [0.25, 0.3) is 0 Å². The Balaban J connectivity index is 1.55. The van der Waals surface area contributed by atoms with Crippen molar-refractivity contribution in [3.8, 4) is 0 Å². The van der Waals surface area contributed by atoms with Crippen LogP contribution in [0.3, 0.4) is 0 Å². The topological polar surface area (TPSA) is 30.5 Å². The predicted octanol–water partition coefficient (Wildman–Crippen LogP) is 1.32. The summed E-state index contributed by atoms with van der Waals surface area (Å²) in [6.45, 7) is 6.16. The van der Waals surface area contributed by atoms with Crippen LogP contribution in [-0.2, 0) is 9.47 Å². The van der Waals surface area contributed by atoms with Gasteiger partial charge in [0.2, 0.25) is 0 Å². The highest BCUT2D eigenvalue weighted by molar-refractivity contribution is 4.97. The fraction of sp³-hybridized carbons (Fsp3) is 1.00. The first-order valence-corrected chi connectivity index (χ1v) is 6.16. The summed E-state index contributed by atoms with van der Waals surface area (Å²) in [6, 6.07) is 0. The molecule has 1 aliphatic carbocycles. The molecule has 3 nitrogen and oxygen atoms in total. The molecule has 4 rings (SSSR count). The molecule has 1 saturated carbocycles. The molecule has 3 aliphatic heterocycles. The van der Waals surface area contributed by atoms with Crippen LogP contribution in [-0.4, -0.2) is 38.0 Å². The van der Waals surface area contributed by atoms with Gasteiger partial charge in [-0.05, 0) is 32.6 Å². The Morgan fingerprint density at radius 1 is 1.27 bits per heavy atom. The van der Waals surface area contributed by atoms with Crippen molar-refractivity contribution in [2.24, 2.45) is 5.41 Å². The van der Waals surface area contributed by atoms with Crippen molar-refractivity contribution in [3.63, 3.8) is 0 Å². The van der Waals surface area contributed by atoms with Crippen molar-refractivity contribution < 1.29 is 9.47 Å². The van der Waals surface area contributed by atoms with Gasteiger partial charge in [-0.25, -0.2) is 0 Å². The minimum Gasteiger partial charge on any atom is -0.375 e. The number of rotatable bonds is 3. The quantitative estimate of drug-likeness (QED) is 0.764. The molecular weight excluding hydrogens is 190 g/mol. The standard InChI is InChI=1S/C12H21NO2/c1-11-2-4-12(5-3-11,9-15-11)8-14-10-6-13-7-10/h10,13H,2-9H2,1H3. The lowest BCUT2D eigenvalue weighted by Gasteiger charge is -2.52. The van der Waals surface area contributed by atoms with Crippen LogP contribution in [0, 0.1) is 5.41 Å². The summed E-state index contributed by atoms with van der Waals surface area (Å²) in [5.41, 5.74) is 0.549. The average Bonchev–Trinajstić information content (AvgIpc) is 2.18. The first-order valence-electron chi connectivity index (χ1n) is 6.16. The van der Waals surface area contributed by atoms with E-state index >= 15 is 0 Å². The smallest absolute Gasteiger partial charge is 0.0823 e. The van der Waals surface area contributed by atoms with E-state index in [0.717, 1.165) is 26.3 Å². The molecule has 0 spiro atoms. The van der Waals surface area contributed by atoms with E-state index in [1.165, 1.54) is 25.7 Å². The van der Waals surface area contributed by atoms with Gasteiger partial charge in [-0.15, -0.1) is 0 Å². The summed E-state index contributed by atoms with van der Waals surface area (Å²) in [7, 11) is 0. The molecule has 1 N–H and O–H groups in total. The van der Waals surface area contributed by atoms with Gasteiger partial charge in [0.1, 0.15) is 0 Å². The molecule has 0 unspecified atom stereocenters. The molecule has 0 amide bonds. The number of fused-ring (bicyclic) bond motifs is 3. The molecule has 4 aliphatic rings. The third-order valence-corrected chi connectivity index (χ3v) is 4.46. The number of hydrogen-bond acceptors (Lipinski definition) is 3. The Kier molecular flexibility index (Phi) is 2.31. The monoisotopic (exact) mass is 211 g/mol. The maximum absolute atomic E-state index is 5.96. The normalized spacial score (nSPS) is 45.4. The molecule has 3 heterocycles. The molecule has 3 heteroatoms. The molecule has 4 fully saturated rings. The van der Waals surface area contributed by atoms with Crippen LogP contribution in [0.5, 0.6) is 0 Å². The molecule has 0 radical (unpaired) electrons. The van der Waals surface area contributed by atoms with Gasteiger partial charge in [-0.3, -0.25) is 0 Å². The molecule has 0 aromatic heterocycles. The van der Waals surface area contributed by atoms with E-state index in [0.29, 0.717) is 11.5 Å². The molecule has 3 saturated heterocycles. The average molecular weight is 211 g/mol. The molecule has 0 aromatic carbocycles. The first-order chi connectivity index (χ1) is 7.20. The van der Waals surface area contributed by atoms with Crippen molar-refractivity contribution >= 4 is 0 Å². The zero-order chi connectivity index (χ0) is 10.4. The van der Waals surface area contributed by atoms with E-state index in [-0.39, 0.29) is 5.60 Å². The fourth-order valence-electron chi connectivity index (χ4n) is 2.79. The van der Waals surface area contributed by atoms with Crippen LogP contribution < -0.4 is 5.32 Å². The maximum atomic E-state index is 5.96. The molecular formula is C12H21NO2. The summed E-state index contributed by atoms with van der Waals surface area (Å²) >= 11 is 0. The van der Waals surface area contributed by atoms with Crippen LogP contribution in [0.15, 0.2) is 0 Å². The maximum Gasteiger partial charge on any atom is 0.0823 e. The summed E-state index contributed by atoms with van der Waals surface area (Å²) in [4.78, 5) is 0. The zero-order valence-corrected chi connectivity index (χ0v) is 9.55. The second-order valence-electron chi connectivity index (χ2n) is 5.83. The van der Waals surface area contributed by atoms with E-state index in [4.69, 9.17) is 9.47 Å². The van der Waals surface area contributed by atoms with Gasteiger partial charge in [0, 0.05) is 18.5 Å². The molecule has 86 valence electrons. The Bertz CT molecular complexity index is 225. The van der Waals surface area contributed by atoms with Gasteiger partial charge < -0.3 is 14.8 Å². The van der Waals surface area contributed by atoms with Crippen LogP contribution >= 0.6 is 0 Å². The lowest BCUT2D eigenvalue weighted by atomic mass is 9.67. The van der Waals surface area contributed by atoms with E-state index in [2.05, 4.69) is 12.2 Å². The van der Waals surface area contributed by atoms with Gasteiger partial charge in [0.25, 0.3) is 0 Å². The number of nitrogens with one attached hydrogen (secondary N) is 1. The van der Waals surface area contributed by atoms with Crippen LogP contribution in [0.1, 0.15) is 32.6 Å². The number of ether oxygens (including phenoxy) is 2. The SMILES string of the molecule is CC12CCC(COC3CNC3)(CC1)CO2. The first kappa shape index (κ1) is 10.1. The van der Waals surface area contributed by atoms with Gasteiger partial charge >= 0.3 is 0 Å². The lowest BCUT2D eigenvalue weighted by molar-refractivity contribution is -0.197. The Hall–Kier alpha value is -0.120. The second kappa shape index (κ2) is 3.44. The van der Waals surface area contributed by atoms with Gasteiger partial charge in [-0.2, -0.15) is 0 Å². The highest BCUT2D eigenvalue weighted by Crippen LogP contribution is 2.48. The highest BCUT2D eigenvalue weighted by Gasteiger charge is 2.47. The van der Waals surface area contributed by atoms with Crippen LogP contribution in [0.2, 0.25) is 0 Å². The van der Waals surface area contributed by atoms with E-state index in [1.54, 1.807) is 0 Å². The second-order valence-corrected chi connectivity index (χ2v) is 5.83. The van der Waals surface area contributed by atoms with Gasteiger partial charge in [-0.1, -0.05) is 0 Å². The molecule has 2 bridgehead atoms. The summed E-state index contributed by atoms with van der Waals surface area (Å²) < 4.78 is 11.9. The van der Waals surface area contributed by atoms with E-state index < -0.39 is 0 Å². The van der Waals surface area contributed by atoms with E-state index in [1.807, 2.05) is 0 Å². The molecule has 15 heavy (non-hydrogen) atoms. The minimum atomic E-state index is 0.194. The lowest BCUT2D eigenvalue weighted by Crippen LogP contribution is -2.54. The zero-order valence-electron chi connectivity index (χ0n) is 9.55. The number of hydrogen-bond donors (Lipinski definition) is 1. The Labute approximate surface area is 91.5 Å².